The summed E-state index contributed by atoms with van der Waals surface area (Å²) in [7, 11) is 0. The monoisotopic (exact) mass is 1190 g/mol. The molecule has 0 spiro atoms. The lowest BCUT2D eigenvalue weighted by Crippen LogP contribution is -2.61. The van der Waals surface area contributed by atoms with Crippen molar-refractivity contribution < 1.29 is 49.3 Å². The van der Waals surface area contributed by atoms with E-state index in [9.17, 15) is 35.1 Å². The smallest absolute Gasteiger partial charge is 0.306 e. The first-order valence-electron chi connectivity index (χ1n) is 34.7. The summed E-state index contributed by atoms with van der Waals surface area (Å²) in [4.78, 5) is 26.6. The summed E-state index contributed by atoms with van der Waals surface area (Å²) in [5, 5.41) is 57.2. The molecule has 11 nitrogen and oxygen atoms in total. The van der Waals surface area contributed by atoms with Gasteiger partial charge in [-0.2, -0.15) is 0 Å². The minimum Gasteiger partial charge on any atom is -0.454 e. The molecule has 0 aromatic heterocycles. The van der Waals surface area contributed by atoms with Gasteiger partial charge in [-0.25, -0.2) is 0 Å². The first-order chi connectivity index (χ1) is 41.7. The predicted molar refractivity (Wildman–Crippen MR) is 356 cm³/mol. The molecule has 1 aliphatic rings. The molecule has 8 unspecified atom stereocenters. The molecule has 1 amide bonds. The van der Waals surface area contributed by atoms with Crippen LogP contribution in [-0.2, 0) is 23.8 Å². The maximum atomic E-state index is 13.5. The Bertz CT molecular complexity index is 1800. The Labute approximate surface area is 519 Å². The molecular weight excluding hydrogens is 1060 g/mol. The number of amides is 1. The van der Waals surface area contributed by atoms with Crippen LogP contribution in [0.15, 0.2) is 109 Å². The zero-order valence-corrected chi connectivity index (χ0v) is 54.2. The van der Waals surface area contributed by atoms with Crippen LogP contribution in [0.1, 0.15) is 284 Å². The summed E-state index contributed by atoms with van der Waals surface area (Å²) in [6.45, 7) is 5.65. The van der Waals surface area contributed by atoms with Gasteiger partial charge in [0, 0.05) is 6.42 Å². The molecule has 1 saturated heterocycles. The van der Waals surface area contributed by atoms with Gasteiger partial charge in [-0.05, 0) is 109 Å². The first-order valence-corrected chi connectivity index (χ1v) is 34.7. The third-order valence-corrected chi connectivity index (χ3v) is 15.7. The molecule has 0 aliphatic carbocycles. The number of carbonyl (C=O) groups excluding carboxylic acids is 2. The van der Waals surface area contributed by atoms with Crippen molar-refractivity contribution in [3.63, 3.8) is 0 Å². The average Bonchev–Trinajstić information content (AvgIpc) is 2.90. The highest BCUT2D eigenvalue weighted by Crippen LogP contribution is 2.26. The van der Waals surface area contributed by atoms with E-state index in [-0.39, 0.29) is 19.4 Å². The third-order valence-electron chi connectivity index (χ3n) is 15.7. The zero-order valence-electron chi connectivity index (χ0n) is 54.2. The van der Waals surface area contributed by atoms with Gasteiger partial charge in [0.05, 0.1) is 25.4 Å². The molecule has 1 aliphatic heterocycles. The average molecular weight is 1190 g/mol. The van der Waals surface area contributed by atoms with Gasteiger partial charge in [-0.1, -0.05) is 278 Å². The minimum absolute atomic E-state index is 0.101. The summed E-state index contributed by atoms with van der Waals surface area (Å²) in [6.07, 6.45) is 72.6. The van der Waals surface area contributed by atoms with Crippen molar-refractivity contribution in [3.8, 4) is 0 Å². The highest BCUT2D eigenvalue weighted by atomic mass is 16.7. The van der Waals surface area contributed by atoms with Crippen molar-refractivity contribution in [2.75, 3.05) is 13.2 Å². The van der Waals surface area contributed by atoms with Crippen molar-refractivity contribution in [3.05, 3.63) is 109 Å². The Morgan fingerprint density at radius 3 is 1.29 bits per heavy atom. The highest BCUT2D eigenvalue weighted by Gasteiger charge is 2.47. The second-order valence-electron chi connectivity index (χ2n) is 23.5. The van der Waals surface area contributed by atoms with Crippen molar-refractivity contribution in [2.24, 2.45) is 0 Å². The fourth-order valence-electron chi connectivity index (χ4n) is 10.2. The maximum absolute atomic E-state index is 13.5. The van der Waals surface area contributed by atoms with Gasteiger partial charge < -0.3 is 45.1 Å². The molecule has 0 saturated carbocycles. The quantitative estimate of drug-likeness (QED) is 0.0195. The van der Waals surface area contributed by atoms with E-state index in [1.165, 1.54) is 109 Å². The summed E-state index contributed by atoms with van der Waals surface area (Å²) >= 11 is 0. The molecule has 488 valence electrons. The van der Waals surface area contributed by atoms with E-state index in [0.29, 0.717) is 12.8 Å². The van der Waals surface area contributed by atoms with Crippen molar-refractivity contribution in [1.29, 1.82) is 0 Å². The number of unbranched alkanes of at least 4 members (excludes halogenated alkanes) is 28. The van der Waals surface area contributed by atoms with Gasteiger partial charge in [-0.15, -0.1) is 0 Å². The van der Waals surface area contributed by atoms with Crippen LogP contribution < -0.4 is 5.32 Å². The number of hydrogen-bond acceptors (Lipinski definition) is 10. The fourth-order valence-corrected chi connectivity index (χ4v) is 10.2. The Balaban J connectivity index is 2.59. The molecule has 1 heterocycles. The number of aliphatic hydroxyl groups is 5. The van der Waals surface area contributed by atoms with E-state index in [0.717, 1.165) is 128 Å². The van der Waals surface area contributed by atoms with Crippen LogP contribution in [-0.4, -0.2) is 99.6 Å². The molecular formula is C74H127NO10. The Kier molecular flexibility index (Phi) is 56.6. The number of carbonyl (C=O) groups is 2. The molecule has 1 rings (SSSR count). The lowest BCUT2D eigenvalue weighted by molar-refractivity contribution is -0.305. The lowest BCUT2D eigenvalue weighted by Gasteiger charge is -2.41. The van der Waals surface area contributed by atoms with E-state index in [1.54, 1.807) is 6.08 Å². The highest BCUT2D eigenvalue weighted by molar-refractivity contribution is 5.80. The number of ether oxygens (including phenoxy) is 3. The first kappa shape index (κ1) is 79.3. The van der Waals surface area contributed by atoms with Gasteiger partial charge in [0.25, 0.3) is 0 Å². The number of allylic oxidation sites excluding steroid dienone is 17. The number of rotatable bonds is 58. The predicted octanol–water partition coefficient (Wildman–Crippen LogP) is 17.6. The van der Waals surface area contributed by atoms with Crippen LogP contribution in [0.2, 0.25) is 0 Å². The van der Waals surface area contributed by atoms with Gasteiger partial charge in [0.15, 0.2) is 12.4 Å². The zero-order chi connectivity index (χ0) is 61.7. The standard InChI is InChI=1S/C74H127NO10/c1-4-7-10-13-16-19-22-24-26-28-30-32-33-34-35-36-38-40-42-44-47-50-53-56-59-62-69(79)85-72-71(81)70(80)68(63-76)84-74(72)83-64-65(66(77)60-57-54-51-48-45-21-18-15-12-9-6-3)75-73(82)67(78)61-58-55-52-49-46-43-41-39-37-31-29-27-25-23-20-17-14-11-8-5-2/h7,10,16-17,19-20,24-27,30,32,34-35,38,40,57,60,65-68,70-72,74,76-78,80-81H,4-6,8-9,11-15,18,21-23,28-29,31,33,36-37,39,41-56,58-59,61-64H2,1-3H3,(H,75,82)/b10-7-,19-16-,20-17-,26-24-,27-25-,32-30-,35-34-,40-38-,60-57+. The topological polar surface area (TPSA) is 175 Å². The van der Waals surface area contributed by atoms with Crippen LogP contribution in [0, 0.1) is 0 Å². The number of esters is 1. The van der Waals surface area contributed by atoms with Gasteiger partial charge in [0.2, 0.25) is 5.91 Å². The van der Waals surface area contributed by atoms with Crippen LogP contribution in [0.4, 0.5) is 0 Å². The second-order valence-corrected chi connectivity index (χ2v) is 23.5. The molecule has 85 heavy (non-hydrogen) atoms. The molecule has 0 bridgehead atoms. The number of aliphatic hydroxyl groups excluding tert-OH is 5. The molecule has 8 atom stereocenters. The van der Waals surface area contributed by atoms with E-state index in [1.807, 2.05) is 6.08 Å². The minimum atomic E-state index is -1.63. The molecule has 0 radical (unpaired) electrons. The molecule has 0 aromatic rings. The Morgan fingerprint density at radius 1 is 0.471 bits per heavy atom. The normalized spacial score (nSPS) is 19.1. The molecule has 6 N–H and O–H groups in total. The fraction of sp³-hybridized carbons (Fsp3) is 0.730. The van der Waals surface area contributed by atoms with Gasteiger partial charge in [0.1, 0.15) is 24.4 Å². The lowest BCUT2D eigenvalue weighted by atomic mass is 9.99. The van der Waals surface area contributed by atoms with Gasteiger partial charge in [-0.3, -0.25) is 9.59 Å². The van der Waals surface area contributed by atoms with Crippen LogP contribution in [0.25, 0.3) is 0 Å². The summed E-state index contributed by atoms with van der Waals surface area (Å²) in [5.41, 5.74) is 0. The van der Waals surface area contributed by atoms with Crippen LogP contribution in [0.5, 0.6) is 0 Å². The van der Waals surface area contributed by atoms with E-state index < -0.39 is 67.4 Å². The van der Waals surface area contributed by atoms with Crippen LogP contribution in [0.3, 0.4) is 0 Å². The SMILES string of the molecule is CC/C=C\C/C=C\C/C=C\C/C=C\C/C=C\C/C=C\CCCCCCCCC(=O)OC1C(OCC(NC(=O)C(O)CCCCCCCCCCCC/C=C\C/C=C\CCCCC)C(O)/C=C/CCCCCCCCCCC)OC(CO)C(O)C1O. The van der Waals surface area contributed by atoms with E-state index in [2.05, 4.69) is 123 Å². The molecule has 0 aromatic carbocycles. The Morgan fingerprint density at radius 2 is 0.847 bits per heavy atom. The van der Waals surface area contributed by atoms with E-state index >= 15 is 0 Å². The van der Waals surface area contributed by atoms with Crippen molar-refractivity contribution in [2.45, 2.75) is 333 Å². The summed E-state index contributed by atoms with van der Waals surface area (Å²) in [5.74, 6) is -1.21. The molecule has 11 heteroatoms. The van der Waals surface area contributed by atoms with Crippen molar-refractivity contribution >= 4 is 11.9 Å². The second kappa shape index (κ2) is 60.6. The third kappa shape index (κ3) is 48.0. The maximum Gasteiger partial charge on any atom is 0.306 e. The van der Waals surface area contributed by atoms with E-state index in [4.69, 9.17) is 14.2 Å². The number of nitrogens with one attached hydrogen (secondary N) is 1. The van der Waals surface area contributed by atoms with Crippen LogP contribution >= 0.6 is 0 Å². The summed E-state index contributed by atoms with van der Waals surface area (Å²) < 4.78 is 17.7. The summed E-state index contributed by atoms with van der Waals surface area (Å²) in [6, 6.07) is -1.03. The molecule has 1 fully saturated rings. The Hall–Kier alpha value is -3.68. The number of hydrogen-bond donors (Lipinski definition) is 6. The van der Waals surface area contributed by atoms with Gasteiger partial charge >= 0.3 is 5.97 Å². The largest absolute Gasteiger partial charge is 0.454 e. The van der Waals surface area contributed by atoms with Crippen molar-refractivity contribution in [1.82, 2.24) is 5.32 Å².